The van der Waals surface area contributed by atoms with E-state index in [4.69, 9.17) is 18.9 Å². The molecule has 0 fully saturated rings. The molecule has 0 saturated carbocycles. The van der Waals surface area contributed by atoms with Gasteiger partial charge in [0.1, 0.15) is 23.0 Å². The van der Waals surface area contributed by atoms with Crippen molar-refractivity contribution in [3.05, 3.63) is 119 Å². The van der Waals surface area contributed by atoms with Crippen LogP contribution in [0.2, 0.25) is 0 Å². The molecule has 0 atom stereocenters. The Bertz CT molecular complexity index is 2670. The van der Waals surface area contributed by atoms with E-state index >= 15 is 0 Å². The molecule has 0 amide bonds. The first-order valence-electron chi connectivity index (χ1n) is 30.9. The smallest absolute Gasteiger partial charge is 0.135 e. The van der Waals surface area contributed by atoms with Gasteiger partial charge in [0, 0.05) is 21.9 Å². The molecule has 0 aliphatic rings. The van der Waals surface area contributed by atoms with Gasteiger partial charge >= 0.3 is 0 Å². The van der Waals surface area contributed by atoms with Crippen LogP contribution >= 0.6 is 0 Å². The Morgan fingerprint density at radius 2 is 0.628 bits per heavy atom. The van der Waals surface area contributed by atoms with Crippen LogP contribution in [0.4, 0.5) is 0 Å². The fourth-order valence-corrected chi connectivity index (χ4v) is 10.6. The summed E-state index contributed by atoms with van der Waals surface area (Å²) in [6.45, 7) is 11.5. The first-order chi connectivity index (χ1) is 38.5. The molecular weight excluding hydrogens is 957 g/mol. The van der Waals surface area contributed by atoms with Gasteiger partial charge in [0.05, 0.1) is 49.7 Å². The number of hydrogen-bond acceptors (Lipinski definition) is 6. The molecule has 6 rings (SSSR count). The Hall–Kier alpha value is -6.24. The zero-order valence-corrected chi connectivity index (χ0v) is 48.5. The van der Waals surface area contributed by atoms with E-state index in [9.17, 15) is 10.5 Å². The van der Waals surface area contributed by atoms with E-state index in [1.165, 1.54) is 116 Å². The number of rotatable bonds is 40. The van der Waals surface area contributed by atoms with Crippen molar-refractivity contribution in [1.82, 2.24) is 0 Å². The molecule has 6 nitrogen and oxygen atoms in total. The number of hydrogen-bond donors (Lipinski definition) is 0. The standard InChI is InChI=1S/C72H94N2O4/c1-5-9-13-17-19-21-23-25-27-31-45-75-65-39-37-59-49-57(33-35-61(59)53-65)51-63(55-73)67-41-43-70-69(71(67)77-47-29-15-11-7-3)44-42-68(72(70)78-48-30-16-12-8-4)64(56-74)52-58-34-36-62-54-66(40-38-60(62)50-58)76-46-32-28-26-24-22-20-18-14-10-6-2/h33-44,49-54H,5-32,45-48H2,1-4H3/b63-51+,64-52+. The van der Waals surface area contributed by atoms with Crippen LogP contribution in [0, 0.1) is 22.7 Å². The van der Waals surface area contributed by atoms with Gasteiger partial charge in [-0.15, -0.1) is 0 Å². The molecule has 0 unspecified atom stereocenters. The van der Waals surface area contributed by atoms with E-state index in [0.717, 1.165) is 143 Å². The van der Waals surface area contributed by atoms with Crippen LogP contribution in [0.15, 0.2) is 97.1 Å². The summed E-state index contributed by atoms with van der Waals surface area (Å²) in [6.07, 6.45) is 38.5. The number of unbranched alkanes of at least 4 members (excludes halogenated alkanes) is 24. The van der Waals surface area contributed by atoms with Crippen molar-refractivity contribution in [1.29, 1.82) is 10.5 Å². The van der Waals surface area contributed by atoms with Crippen LogP contribution in [-0.2, 0) is 0 Å². The van der Waals surface area contributed by atoms with Crippen molar-refractivity contribution in [2.75, 3.05) is 26.4 Å². The molecule has 0 saturated heterocycles. The molecule has 0 heterocycles. The molecule has 416 valence electrons. The zero-order chi connectivity index (χ0) is 54.8. The van der Waals surface area contributed by atoms with E-state index < -0.39 is 0 Å². The van der Waals surface area contributed by atoms with Crippen LogP contribution in [0.1, 0.15) is 230 Å². The lowest BCUT2D eigenvalue weighted by molar-refractivity contribution is 0.304. The van der Waals surface area contributed by atoms with E-state index in [2.05, 4.69) is 113 Å². The van der Waals surface area contributed by atoms with Gasteiger partial charge in [0.2, 0.25) is 0 Å². The summed E-state index contributed by atoms with van der Waals surface area (Å²) >= 11 is 0. The molecule has 0 N–H and O–H groups in total. The molecule has 6 aromatic rings. The fourth-order valence-electron chi connectivity index (χ4n) is 10.6. The van der Waals surface area contributed by atoms with Crippen LogP contribution in [0.3, 0.4) is 0 Å². The van der Waals surface area contributed by atoms with Crippen molar-refractivity contribution in [3.8, 4) is 35.1 Å². The maximum absolute atomic E-state index is 10.9. The minimum atomic E-state index is 0.518. The highest BCUT2D eigenvalue weighted by molar-refractivity contribution is 6.05. The third-order valence-corrected chi connectivity index (χ3v) is 15.2. The number of allylic oxidation sites excluding steroid dienone is 2. The van der Waals surface area contributed by atoms with Crippen molar-refractivity contribution >= 4 is 55.6 Å². The van der Waals surface area contributed by atoms with Gasteiger partial charge in [-0.2, -0.15) is 10.5 Å². The van der Waals surface area contributed by atoms with Crippen LogP contribution < -0.4 is 18.9 Å². The summed E-state index contributed by atoms with van der Waals surface area (Å²) in [5.74, 6) is 3.11. The van der Waals surface area contributed by atoms with Gasteiger partial charge in [-0.25, -0.2) is 0 Å². The van der Waals surface area contributed by atoms with E-state index in [1.54, 1.807) is 0 Å². The molecule has 0 aromatic heterocycles. The molecule has 0 aliphatic heterocycles. The van der Waals surface area contributed by atoms with Gasteiger partial charge in [-0.05, 0) is 131 Å². The number of benzene rings is 6. The largest absolute Gasteiger partial charge is 0.494 e. The van der Waals surface area contributed by atoms with E-state index in [1.807, 2.05) is 36.4 Å². The average molecular weight is 1050 g/mol. The highest BCUT2D eigenvalue weighted by Gasteiger charge is 2.20. The maximum Gasteiger partial charge on any atom is 0.135 e. The van der Waals surface area contributed by atoms with Gasteiger partial charge in [-0.3, -0.25) is 0 Å². The van der Waals surface area contributed by atoms with Crippen molar-refractivity contribution in [2.24, 2.45) is 0 Å². The third kappa shape index (κ3) is 20.2. The normalized spacial score (nSPS) is 11.8. The van der Waals surface area contributed by atoms with E-state index in [-0.39, 0.29) is 0 Å². The van der Waals surface area contributed by atoms with Crippen LogP contribution in [0.25, 0.3) is 55.6 Å². The predicted octanol–water partition coefficient (Wildman–Crippen LogP) is 21.8. The number of fused-ring (bicyclic) bond motifs is 3. The SMILES string of the molecule is CCCCCCCCCCCCOc1ccc2cc(/C=C(\C#N)c3ccc4c(OCCCCCC)c(/C(C#N)=C/c5ccc6cc(OCCCCCCCCCCCC)ccc6c5)ccc4c3OCCCCCC)ccc2c1. The lowest BCUT2D eigenvalue weighted by Crippen LogP contribution is -2.04. The summed E-state index contributed by atoms with van der Waals surface area (Å²) in [5, 5.41) is 27.8. The second kappa shape index (κ2) is 36.0. The van der Waals surface area contributed by atoms with Gasteiger partial charge in [0.15, 0.2) is 0 Å². The molecule has 0 radical (unpaired) electrons. The second-order valence-electron chi connectivity index (χ2n) is 21.7. The molecule has 0 spiro atoms. The summed E-state index contributed by atoms with van der Waals surface area (Å²) < 4.78 is 26.0. The molecule has 0 aliphatic carbocycles. The minimum Gasteiger partial charge on any atom is -0.494 e. The number of nitriles is 2. The van der Waals surface area contributed by atoms with Crippen molar-refractivity contribution < 1.29 is 18.9 Å². The topological polar surface area (TPSA) is 84.5 Å². The quantitative estimate of drug-likeness (QED) is 0.0217. The summed E-state index contributed by atoms with van der Waals surface area (Å²) in [5.41, 5.74) is 4.37. The maximum atomic E-state index is 10.9. The Morgan fingerprint density at radius 1 is 0.333 bits per heavy atom. The Kier molecular flexibility index (Phi) is 28.2. The monoisotopic (exact) mass is 1050 g/mol. The van der Waals surface area contributed by atoms with E-state index in [0.29, 0.717) is 35.9 Å². The lowest BCUT2D eigenvalue weighted by atomic mass is 9.94. The Labute approximate surface area is 471 Å². The van der Waals surface area contributed by atoms with Crippen LogP contribution in [-0.4, -0.2) is 26.4 Å². The highest BCUT2D eigenvalue weighted by Crippen LogP contribution is 2.43. The van der Waals surface area contributed by atoms with Gasteiger partial charge < -0.3 is 18.9 Å². The minimum absolute atomic E-state index is 0.518. The first-order valence-corrected chi connectivity index (χ1v) is 30.9. The lowest BCUT2D eigenvalue weighted by Gasteiger charge is -2.19. The Morgan fingerprint density at radius 3 is 0.974 bits per heavy atom. The molecule has 6 heteroatoms. The van der Waals surface area contributed by atoms with Gasteiger partial charge in [0.25, 0.3) is 0 Å². The van der Waals surface area contributed by atoms with Crippen molar-refractivity contribution in [2.45, 2.75) is 207 Å². The molecule has 78 heavy (non-hydrogen) atoms. The third-order valence-electron chi connectivity index (χ3n) is 15.2. The number of ether oxygens (including phenoxy) is 4. The predicted molar refractivity (Wildman–Crippen MR) is 333 cm³/mol. The Balaban J connectivity index is 1.20. The highest BCUT2D eigenvalue weighted by atomic mass is 16.5. The first kappa shape index (κ1) is 61.0. The molecule has 6 aromatic carbocycles. The summed E-state index contributed by atoms with van der Waals surface area (Å²) in [7, 11) is 0. The van der Waals surface area contributed by atoms with Crippen LogP contribution in [0.5, 0.6) is 23.0 Å². The average Bonchev–Trinajstić information content (AvgIpc) is 3.50. The van der Waals surface area contributed by atoms with Crippen molar-refractivity contribution in [3.63, 3.8) is 0 Å². The summed E-state index contributed by atoms with van der Waals surface area (Å²) in [6, 6.07) is 38.4. The zero-order valence-electron chi connectivity index (χ0n) is 48.5. The number of nitrogens with zero attached hydrogens (tertiary/aromatic N) is 2. The fraction of sp³-hybridized carbons (Fsp3) is 0.500. The van der Waals surface area contributed by atoms with Gasteiger partial charge in [-0.1, -0.05) is 218 Å². The molecule has 0 bridgehead atoms. The molecular formula is C72H94N2O4. The second-order valence-corrected chi connectivity index (χ2v) is 21.7. The summed E-state index contributed by atoms with van der Waals surface area (Å²) in [4.78, 5) is 0.